The molecule has 0 radical (unpaired) electrons. The molecule has 0 bridgehead atoms. The molecule has 0 aliphatic rings. The molecule has 0 unspecified atom stereocenters. The number of hydrogen-bond donors (Lipinski definition) is 1. The molecule has 0 aromatic heterocycles. The Morgan fingerprint density at radius 3 is 2.45 bits per heavy atom. The van der Waals surface area contributed by atoms with Gasteiger partial charge in [0.25, 0.3) is 5.91 Å². The lowest BCUT2D eigenvalue weighted by Gasteiger charge is -2.18. The summed E-state index contributed by atoms with van der Waals surface area (Å²) in [6.45, 7) is 2.62. The van der Waals surface area contributed by atoms with E-state index in [1.807, 2.05) is 55.5 Å². The van der Waals surface area contributed by atoms with Gasteiger partial charge in [0.15, 0.2) is 0 Å². The van der Waals surface area contributed by atoms with Gasteiger partial charge in [-0.05, 0) is 49.7 Å². The van der Waals surface area contributed by atoms with Crippen LogP contribution in [0.15, 0.2) is 48.5 Å². The molecule has 0 spiro atoms. The fraction of sp³-hybridized carbons (Fsp3) is 0.235. The smallest absolute Gasteiger partial charge is 0.258 e. The van der Waals surface area contributed by atoms with E-state index in [0.717, 1.165) is 17.7 Å². The fourth-order valence-electron chi connectivity index (χ4n) is 2.14. The van der Waals surface area contributed by atoms with Crippen molar-refractivity contribution >= 4 is 11.6 Å². The zero-order chi connectivity index (χ0) is 14.5. The van der Waals surface area contributed by atoms with Gasteiger partial charge in [0.05, 0.1) is 0 Å². The molecule has 0 saturated carbocycles. The van der Waals surface area contributed by atoms with Gasteiger partial charge in [-0.1, -0.05) is 29.8 Å². The molecule has 2 aromatic rings. The first kappa shape index (κ1) is 14.3. The third-order valence-electron chi connectivity index (χ3n) is 3.33. The second kappa shape index (κ2) is 6.35. The van der Waals surface area contributed by atoms with Gasteiger partial charge in [0.2, 0.25) is 0 Å². The van der Waals surface area contributed by atoms with Crippen molar-refractivity contribution in [2.75, 3.05) is 18.5 Å². The van der Waals surface area contributed by atoms with Crippen LogP contribution in [-0.2, 0) is 6.42 Å². The van der Waals surface area contributed by atoms with Crippen LogP contribution < -0.4 is 10.6 Å². The molecule has 104 valence electrons. The van der Waals surface area contributed by atoms with Gasteiger partial charge in [0.1, 0.15) is 0 Å². The van der Waals surface area contributed by atoms with Gasteiger partial charge in [0, 0.05) is 18.3 Å². The topological polar surface area (TPSA) is 46.3 Å². The highest BCUT2D eigenvalue weighted by Crippen LogP contribution is 2.17. The standard InChI is InChI=1S/C17H20N2O/c1-13-4-3-5-15(12-13)17(20)19(2)16-8-6-14(7-9-16)10-11-18/h3-9,12H,10-11,18H2,1-2H3. The van der Waals surface area contributed by atoms with Crippen LogP contribution in [-0.4, -0.2) is 19.5 Å². The minimum atomic E-state index is 0.000254. The second-order valence-electron chi connectivity index (χ2n) is 4.94. The summed E-state index contributed by atoms with van der Waals surface area (Å²) in [4.78, 5) is 14.1. The molecule has 2 aromatic carbocycles. The Bertz CT molecular complexity index is 590. The van der Waals surface area contributed by atoms with E-state index in [1.54, 1.807) is 11.9 Å². The SMILES string of the molecule is Cc1cccc(C(=O)N(C)c2ccc(CCN)cc2)c1. The van der Waals surface area contributed by atoms with Crippen molar-refractivity contribution in [1.29, 1.82) is 0 Å². The van der Waals surface area contributed by atoms with Crippen molar-refractivity contribution in [3.05, 3.63) is 65.2 Å². The van der Waals surface area contributed by atoms with Crippen LogP contribution in [0.25, 0.3) is 0 Å². The average Bonchev–Trinajstić information content (AvgIpc) is 2.47. The quantitative estimate of drug-likeness (QED) is 0.926. The van der Waals surface area contributed by atoms with Crippen molar-refractivity contribution in [3.8, 4) is 0 Å². The van der Waals surface area contributed by atoms with Crippen LogP contribution in [0.2, 0.25) is 0 Å². The highest BCUT2D eigenvalue weighted by Gasteiger charge is 2.13. The maximum atomic E-state index is 12.4. The number of carbonyl (C=O) groups is 1. The molecule has 0 aliphatic heterocycles. The Balaban J connectivity index is 2.18. The number of nitrogens with zero attached hydrogens (tertiary/aromatic N) is 1. The van der Waals surface area contributed by atoms with Gasteiger partial charge in [-0.25, -0.2) is 0 Å². The van der Waals surface area contributed by atoms with Crippen LogP contribution >= 0.6 is 0 Å². The Labute approximate surface area is 120 Å². The number of aryl methyl sites for hydroxylation is 1. The lowest BCUT2D eigenvalue weighted by Crippen LogP contribution is -2.26. The number of nitrogens with two attached hydrogens (primary N) is 1. The Morgan fingerprint density at radius 1 is 1.15 bits per heavy atom. The predicted molar refractivity (Wildman–Crippen MR) is 83.1 cm³/mol. The van der Waals surface area contributed by atoms with Crippen molar-refractivity contribution in [1.82, 2.24) is 0 Å². The van der Waals surface area contributed by atoms with Crippen molar-refractivity contribution in [2.24, 2.45) is 5.73 Å². The summed E-state index contributed by atoms with van der Waals surface area (Å²) in [5.74, 6) is 0.000254. The summed E-state index contributed by atoms with van der Waals surface area (Å²) in [7, 11) is 1.79. The third-order valence-corrected chi connectivity index (χ3v) is 3.33. The molecular weight excluding hydrogens is 248 g/mol. The van der Waals surface area contributed by atoms with Crippen LogP contribution in [0.1, 0.15) is 21.5 Å². The van der Waals surface area contributed by atoms with Gasteiger partial charge in [-0.15, -0.1) is 0 Å². The normalized spacial score (nSPS) is 10.3. The molecule has 1 amide bonds. The zero-order valence-corrected chi connectivity index (χ0v) is 12.0. The second-order valence-corrected chi connectivity index (χ2v) is 4.94. The summed E-state index contributed by atoms with van der Waals surface area (Å²) in [5.41, 5.74) is 9.40. The van der Waals surface area contributed by atoms with E-state index in [0.29, 0.717) is 12.1 Å². The van der Waals surface area contributed by atoms with Gasteiger partial charge in [-0.3, -0.25) is 4.79 Å². The lowest BCUT2D eigenvalue weighted by molar-refractivity contribution is 0.0993. The van der Waals surface area contributed by atoms with Gasteiger partial charge in [-0.2, -0.15) is 0 Å². The minimum Gasteiger partial charge on any atom is -0.330 e. The van der Waals surface area contributed by atoms with E-state index in [9.17, 15) is 4.79 Å². The third kappa shape index (κ3) is 3.25. The first-order valence-electron chi connectivity index (χ1n) is 6.75. The van der Waals surface area contributed by atoms with Crippen molar-refractivity contribution in [3.63, 3.8) is 0 Å². The van der Waals surface area contributed by atoms with Crippen LogP contribution in [0.4, 0.5) is 5.69 Å². The van der Waals surface area contributed by atoms with Crippen LogP contribution in [0.5, 0.6) is 0 Å². The van der Waals surface area contributed by atoms with E-state index in [4.69, 9.17) is 5.73 Å². The maximum absolute atomic E-state index is 12.4. The summed E-state index contributed by atoms with van der Waals surface area (Å²) in [5, 5.41) is 0. The van der Waals surface area contributed by atoms with Gasteiger partial charge >= 0.3 is 0 Å². The molecular formula is C17H20N2O. The molecule has 20 heavy (non-hydrogen) atoms. The predicted octanol–water partition coefficient (Wildman–Crippen LogP) is 2.77. The van der Waals surface area contributed by atoms with Crippen molar-refractivity contribution < 1.29 is 4.79 Å². The molecule has 2 N–H and O–H groups in total. The first-order chi connectivity index (χ1) is 9.61. The molecule has 0 atom stereocenters. The minimum absolute atomic E-state index is 0.000254. The first-order valence-corrected chi connectivity index (χ1v) is 6.75. The number of rotatable bonds is 4. The highest BCUT2D eigenvalue weighted by molar-refractivity contribution is 6.05. The fourth-order valence-corrected chi connectivity index (χ4v) is 2.14. The number of anilines is 1. The number of carbonyl (C=O) groups excluding carboxylic acids is 1. The molecule has 3 nitrogen and oxygen atoms in total. The Kier molecular flexibility index (Phi) is 4.53. The Morgan fingerprint density at radius 2 is 1.85 bits per heavy atom. The molecule has 0 fully saturated rings. The molecule has 0 saturated heterocycles. The maximum Gasteiger partial charge on any atom is 0.258 e. The molecule has 0 aliphatic carbocycles. The van der Waals surface area contributed by atoms with E-state index in [2.05, 4.69) is 0 Å². The monoisotopic (exact) mass is 268 g/mol. The largest absolute Gasteiger partial charge is 0.330 e. The highest BCUT2D eigenvalue weighted by atomic mass is 16.2. The molecule has 2 rings (SSSR count). The lowest BCUT2D eigenvalue weighted by atomic mass is 10.1. The molecule has 0 heterocycles. The summed E-state index contributed by atoms with van der Waals surface area (Å²) >= 11 is 0. The van der Waals surface area contributed by atoms with E-state index >= 15 is 0 Å². The summed E-state index contributed by atoms with van der Waals surface area (Å²) in [6, 6.07) is 15.6. The molecule has 3 heteroatoms. The van der Waals surface area contributed by atoms with E-state index in [1.165, 1.54) is 5.56 Å². The number of benzene rings is 2. The van der Waals surface area contributed by atoms with Crippen molar-refractivity contribution in [2.45, 2.75) is 13.3 Å². The number of amides is 1. The van der Waals surface area contributed by atoms with Crippen LogP contribution in [0, 0.1) is 6.92 Å². The van der Waals surface area contributed by atoms with E-state index < -0.39 is 0 Å². The van der Waals surface area contributed by atoms with Gasteiger partial charge < -0.3 is 10.6 Å². The summed E-state index contributed by atoms with van der Waals surface area (Å²) < 4.78 is 0. The Hall–Kier alpha value is -2.13. The number of hydrogen-bond acceptors (Lipinski definition) is 2. The van der Waals surface area contributed by atoms with E-state index in [-0.39, 0.29) is 5.91 Å². The summed E-state index contributed by atoms with van der Waals surface area (Å²) in [6.07, 6.45) is 0.857. The van der Waals surface area contributed by atoms with Crippen LogP contribution in [0.3, 0.4) is 0 Å². The zero-order valence-electron chi connectivity index (χ0n) is 12.0. The average molecular weight is 268 g/mol.